The highest BCUT2D eigenvalue weighted by atomic mass is 32.1. The van der Waals surface area contributed by atoms with E-state index in [-0.39, 0.29) is 12.6 Å². The van der Waals surface area contributed by atoms with Crippen LogP contribution in [0.25, 0.3) is 0 Å². The molecule has 1 aliphatic heterocycles. The van der Waals surface area contributed by atoms with Gasteiger partial charge in [-0.05, 0) is 18.4 Å². The number of methoxy groups -OCH3 is 1. The molecule has 1 N–H and O–H groups in total. The molecule has 0 saturated carbocycles. The average molecular weight is 353 g/mol. The lowest BCUT2D eigenvalue weighted by molar-refractivity contribution is -0.144. The van der Waals surface area contributed by atoms with E-state index in [0.717, 1.165) is 9.78 Å². The van der Waals surface area contributed by atoms with Gasteiger partial charge >= 0.3 is 17.8 Å². The van der Waals surface area contributed by atoms with Gasteiger partial charge in [-0.25, -0.2) is 9.69 Å². The zero-order chi connectivity index (χ0) is 17.7. The molecular formula is C15H19N3O5S. The molecule has 0 aromatic carbocycles. The third-order valence-electron chi connectivity index (χ3n) is 3.42. The highest BCUT2D eigenvalue weighted by Gasteiger charge is 2.44. The van der Waals surface area contributed by atoms with Crippen molar-refractivity contribution in [2.45, 2.75) is 19.4 Å². The normalized spacial score (nSPS) is 16.0. The molecular weight excluding hydrogens is 334 g/mol. The van der Waals surface area contributed by atoms with Gasteiger partial charge in [-0.15, -0.1) is 11.3 Å². The maximum atomic E-state index is 12.2. The molecule has 2 rings (SSSR count). The van der Waals surface area contributed by atoms with Crippen LogP contribution in [0.4, 0.5) is 4.79 Å². The molecule has 1 aromatic heterocycles. The SMILES string of the molecule is COCC(C)NC(=O)CN1C(=O)C(=O)N(CCc2cccs2)C1=O. The van der Waals surface area contributed by atoms with Crippen LogP contribution in [0.1, 0.15) is 11.8 Å². The molecule has 1 unspecified atom stereocenters. The molecule has 1 aliphatic rings. The van der Waals surface area contributed by atoms with Crippen LogP contribution in [0.3, 0.4) is 0 Å². The number of rotatable bonds is 8. The van der Waals surface area contributed by atoms with Crippen molar-refractivity contribution in [3.8, 4) is 0 Å². The zero-order valence-electron chi connectivity index (χ0n) is 13.5. The Bertz CT molecular complexity index is 631. The molecule has 0 aliphatic carbocycles. The summed E-state index contributed by atoms with van der Waals surface area (Å²) in [5.74, 6) is -2.39. The number of nitrogens with zero attached hydrogens (tertiary/aromatic N) is 2. The van der Waals surface area contributed by atoms with Crippen molar-refractivity contribution in [3.63, 3.8) is 0 Å². The van der Waals surface area contributed by atoms with Crippen molar-refractivity contribution in [1.29, 1.82) is 0 Å². The first-order valence-electron chi connectivity index (χ1n) is 7.42. The Morgan fingerprint density at radius 3 is 2.62 bits per heavy atom. The first-order chi connectivity index (χ1) is 11.4. The topological polar surface area (TPSA) is 96.0 Å². The molecule has 24 heavy (non-hydrogen) atoms. The highest BCUT2D eigenvalue weighted by Crippen LogP contribution is 2.15. The first kappa shape index (κ1) is 18.1. The maximum Gasteiger partial charge on any atom is 0.334 e. The van der Waals surface area contributed by atoms with Crippen LogP contribution in [0.15, 0.2) is 17.5 Å². The Kier molecular flexibility index (Phi) is 6.04. The fraction of sp³-hybridized carbons (Fsp3) is 0.467. The minimum absolute atomic E-state index is 0.113. The number of nitrogens with one attached hydrogen (secondary N) is 1. The molecule has 0 radical (unpaired) electrons. The van der Waals surface area contributed by atoms with Gasteiger partial charge in [-0.2, -0.15) is 0 Å². The number of hydrogen-bond acceptors (Lipinski definition) is 6. The second-order valence-electron chi connectivity index (χ2n) is 5.38. The van der Waals surface area contributed by atoms with E-state index in [1.807, 2.05) is 17.5 Å². The van der Waals surface area contributed by atoms with Gasteiger partial charge in [0.1, 0.15) is 6.54 Å². The number of ether oxygens (including phenoxy) is 1. The standard InChI is InChI=1S/C15H19N3O5S/c1-10(9-23-2)16-12(19)8-18-14(21)13(20)17(15(18)22)6-5-11-4-3-7-24-11/h3-4,7,10H,5-6,8-9H2,1-2H3,(H,16,19). The molecule has 1 fully saturated rings. The summed E-state index contributed by atoms with van der Waals surface area (Å²) in [7, 11) is 1.50. The Morgan fingerprint density at radius 2 is 2.00 bits per heavy atom. The second-order valence-corrected chi connectivity index (χ2v) is 6.42. The summed E-state index contributed by atoms with van der Waals surface area (Å²) in [6, 6.07) is 2.74. The lowest BCUT2D eigenvalue weighted by Gasteiger charge is -2.17. The largest absolute Gasteiger partial charge is 0.383 e. The first-order valence-corrected chi connectivity index (χ1v) is 8.30. The molecule has 0 bridgehead atoms. The molecule has 1 atom stereocenters. The van der Waals surface area contributed by atoms with Crippen LogP contribution in [0.2, 0.25) is 0 Å². The van der Waals surface area contributed by atoms with Crippen molar-refractivity contribution < 1.29 is 23.9 Å². The van der Waals surface area contributed by atoms with Crippen LogP contribution >= 0.6 is 11.3 Å². The van der Waals surface area contributed by atoms with Gasteiger partial charge in [0.25, 0.3) is 0 Å². The quantitative estimate of drug-likeness (QED) is 0.533. The van der Waals surface area contributed by atoms with Gasteiger partial charge in [0.2, 0.25) is 5.91 Å². The number of thiophene rings is 1. The third-order valence-corrected chi connectivity index (χ3v) is 4.36. The summed E-state index contributed by atoms with van der Waals surface area (Å²) in [5.41, 5.74) is 0. The summed E-state index contributed by atoms with van der Waals surface area (Å²) >= 11 is 1.51. The van der Waals surface area contributed by atoms with Crippen LogP contribution in [-0.4, -0.2) is 66.4 Å². The van der Waals surface area contributed by atoms with Crippen LogP contribution in [0.5, 0.6) is 0 Å². The van der Waals surface area contributed by atoms with Gasteiger partial charge in [0.15, 0.2) is 0 Å². The fourth-order valence-corrected chi connectivity index (χ4v) is 3.02. The number of urea groups is 1. The zero-order valence-corrected chi connectivity index (χ0v) is 14.3. The summed E-state index contributed by atoms with van der Waals surface area (Å²) < 4.78 is 4.89. The smallest absolute Gasteiger partial charge is 0.334 e. The average Bonchev–Trinajstić information content (AvgIpc) is 3.10. The van der Waals surface area contributed by atoms with E-state index in [1.165, 1.54) is 18.4 Å². The summed E-state index contributed by atoms with van der Waals surface area (Å²) in [5, 5.41) is 4.49. The van der Waals surface area contributed by atoms with Gasteiger partial charge in [0.05, 0.1) is 6.61 Å². The molecule has 5 amide bonds. The summed E-state index contributed by atoms with van der Waals surface area (Å²) in [4.78, 5) is 50.6. The number of carbonyl (C=O) groups is 4. The van der Waals surface area contributed by atoms with E-state index in [4.69, 9.17) is 4.74 Å². The molecule has 2 heterocycles. The highest BCUT2D eigenvalue weighted by molar-refractivity contribution is 7.09. The van der Waals surface area contributed by atoms with E-state index >= 15 is 0 Å². The second kappa shape index (κ2) is 8.02. The molecule has 1 aromatic rings. The maximum absolute atomic E-state index is 12.2. The summed E-state index contributed by atoms with van der Waals surface area (Å²) in [6.45, 7) is 1.67. The lowest BCUT2D eigenvalue weighted by atomic mass is 10.3. The minimum Gasteiger partial charge on any atom is -0.383 e. The van der Waals surface area contributed by atoms with Crippen molar-refractivity contribution in [1.82, 2.24) is 15.1 Å². The Balaban J connectivity index is 1.94. The number of hydrogen-bond donors (Lipinski definition) is 1. The third kappa shape index (κ3) is 4.18. The van der Waals surface area contributed by atoms with Crippen LogP contribution in [-0.2, 0) is 25.5 Å². The Morgan fingerprint density at radius 1 is 1.29 bits per heavy atom. The number of imide groups is 2. The van der Waals surface area contributed by atoms with Gasteiger partial charge in [-0.3, -0.25) is 19.3 Å². The monoisotopic (exact) mass is 353 g/mol. The predicted molar refractivity (Wildman–Crippen MR) is 86.3 cm³/mol. The van der Waals surface area contributed by atoms with E-state index in [1.54, 1.807) is 6.92 Å². The number of amides is 5. The Labute approximate surface area is 143 Å². The fourth-order valence-electron chi connectivity index (χ4n) is 2.32. The van der Waals surface area contributed by atoms with Crippen LogP contribution < -0.4 is 5.32 Å². The molecule has 0 spiro atoms. The number of carbonyl (C=O) groups excluding carboxylic acids is 4. The minimum atomic E-state index is -0.972. The van der Waals surface area contributed by atoms with Crippen molar-refractivity contribution in [3.05, 3.63) is 22.4 Å². The van der Waals surface area contributed by atoms with E-state index in [9.17, 15) is 19.2 Å². The van der Waals surface area contributed by atoms with Crippen molar-refractivity contribution >= 4 is 35.1 Å². The Hall–Kier alpha value is -2.26. The van der Waals surface area contributed by atoms with E-state index < -0.39 is 30.3 Å². The van der Waals surface area contributed by atoms with Crippen LogP contribution in [0, 0.1) is 0 Å². The lowest BCUT2D eigenvalue weighted by Crippen LogP contribution is -2.45. The van der Waals surface area contributed by atoms with Gasteiger partial charge in [0, 0.05) is 31.0 Å². The van der Waals surface area contributed by atoms with Gasteiger partial charge < -0.3 is 10.1 Å². The van der Waals surface area contributed by atoms with E-state index in [0.29, 0.717) is 17.9 Å². The van der Waals surface area contributed by atoms with Crippen molar-refractivity contribution in [2.24, 2.45) is 0 Å². The molecule has 130 valence electrons. The van der Waals surface area contributed by atoms with E-state index in [2.05, 4.69) is 5.32 Å². The summed E-state index contributed by atoms with van der Waals surface area (Å²) in [6.07, 6.45) is 0.480. The van der Waals surface area contributed by atoms with Crippen molar-refractivity contribution in [2.75, 3.05) is 26.8 Å². The molecule has 9 heteroatoms. The predicted octanol–water partition coefficient (Wildman–Crippen LogP) is 0.232. The molecule has 8 nitrogen and oxygen atoms in total. The van der Waals surface area contributed by atoms with Gasteiger partial charge in [-0.1, -0.05) is 6.07 Å². The molecule has 1 saturated heterocycles.